The van der Waals surface area contributed by atoms with Crippen LogP contribution < -0.4 is 20.7 Å². The molecular formula is C20H21N3O6. The summed E-state index contributed by atoms with van der Waals surface area (Å²) in [6.07, 6.45) is 0. The van der Waals surface area contributed by atoms with Gasteiger partial charge in [0.2, 0.25) is 0 Å². The summed E-state index contributed by atoms with van der Waals surface area (Å²) < 4.78 is 9.98. The molecule has 152 valence electrons. The van der Waals surface area contributed by atoms with E-state index in [2.05, 4.69) is 10.6 Å². The molecule has 2 aromatic carbocycles. The maximum Gasteiger partial charge on any atom is 0.340 e. The van der Waals surface area contributed by atoms with E-state index in [9.17, 15) is 19.2 Å². The van der Waals surface area contributed by atoms with Crippen LogP contribution in [0.4, 0.5) is 10.5 Å². The fourth-order valence-electron chi connectivity index (χ4n) is 2.28. The highest BCUT2D eigenvalue weighted by Gasteiger charge is 2.17. The summed E-state index contributed by atoms with van der Waals surface area (Å²) in [5.41, 5.74) is 0.665. The van der Waals surface area contributed by atoms with Gasteiger partial charge in [0.1, 0.15) is 5.75 Å². The molecule has 2 rings (SSSR count). The van der Waals surface area contributed by atoms with Crippen LogP contribution in [-0.2, 0) is 9.53 Å². The molecule has 0 atom stereocenters. The van der Waals surface area contributed by atoms with Crippen LogP contribution in [0.15, 0.2) is 48.5 Å². The van der Waals surface area contributed by atoms with E-state index in [1.165, 1.54) is 19.2 Å². The first kappa shape index (κ1) is 21.4. The third kappa shape index (κ3) is 6.35. The van der Waals surface area contributed by atoms with Crippen LogP contribution in [0.2, 0.25) is 0 Å². The third-order valence-corrected chi connectivity index (χ3v) is 3.67. The zero-order valence-electron chi connectivity index (χ0n) is 16.0. The molecule has 0 unspecified atom stereocenters. The van der Waals surface area contributed by atoms with E-state index in [-0.39, 0.29) is 11.3 Å². The van der Waals surface area contributed by atoms with E-state index in [4.69, 9.17) is 9.47 Å². The molecular weight excluding hydrogens is 378 g/mol. The van der Waals surface area contributed by atoms with Crippen molar-refractivity contribution in [3.05, 3.63) is 59.7 Å². The van der Waals surface area contributed by atoms with Crippen LogP contribution in [0.3, 0.4) is 0 Å². The summed E-state index contributed by atoms with van der Waals surface area (Å²) in [7, 11) is 1.52. The van der Waals surface area contributed by atoms with E-state index in [0.29, 0.717) is 17.9 Å². The molecule has 2 aromatic rings. The highest BCUT2D eigenvalue weighted by atomic mass is 16.5. The second kappa shape index (κ2) is 10.5. The Labute approximate surface area is 167 Å². The number of ether oxygens (including phenoxy) is 2. The first-order valence-electron chi connectivity index (χ1n) is 8.73. The lowest BCUT2D eigenvalue weighted by Gasteiger charge is -2.11. The minimum absolute atomic E-state index is 0.0696. The van der Waals surface area contributed by atoms with Gasteiger partial charge >= 0.3 is 12.0 Å². The Bertz CT molecular complexity index is 895. The lowest BCUT2D eigenvalue weighted by atomic mass is 10.1. The van der Waals surface area contributed by atoms with Crippen LogP contribution in [0, 0.1) is 0 Å². The zero-order valence-corrected chi connectivity index (χ0v) is 16.0. The number of imide groups is 1. The Morgan fingerprint density at radius 3 is 2.31 bits per heavy atom. The van der Waals surface area contributed by atoms with Gasteiger partial charge in [0.05, 0.1) is 18.4 Å². The number of para-hydroxylation sites is 1. The summed E-state index contributed by atoms with van der Waals surface area (Å²) in [6, 6.07) is 12.0. The fraction of sp³-hybridized carbons (Fsp3) is 0.200. The van der Waals surface area contributed by atoms with E-state index in [1.54, 1.807) is 43.3 Å². The molecule has 0 radical (unpaired) electrons. The molecule has 0 aromatic heterocycles. The van der Waals surface area contributed by atoms with Gasteiger partial charge in [0.25, 0.3) is 11.8 Å². The van der Waals surface area contributed by atoms with Gasteiger partial charge in [-0.15, -0.1) is 0 Å². The molecule has 0 saturated heterocycles. The Balaban J connectivity index is 2.01. The van der Waals surface area contributed by atoms with Gasteiger partial charge in [-0.3, -0.25) is 14.9 Å². The molecule has 3 N–H and O–H groups in total. The number of hydrogen-bond acceptors (Lipinski definition) is 6. The lowest BCUT2D eigenvalue weighted by molar-refractivity contribution is -0.123. The SMILES string of the molecule is CCNC(=O)NC(=O)COC(=O)c1ccccc1NC(=O)c1ccc(OC)cc1. The average molecular weight is 399 g/mol. The van der Waals surface area contributed by atoms with Crippen molar-refractivity contribution in [3.63, 3.8) is 0 Å². The molecule has 0 spiro atoms. The zero-order chi connectivity index (χ0) is 21.2. The second-order valence-corrected chi connectivity index (χ2v) is 5.71. The number of hydrogen-bond donors (Lipinski definition) is 3. The number of methoxy groups -OCH3 is 1. The number of benzene rings is 2. The normalized spacial score (nSPS) is 9.86. The van der Waals surface area contributed by atoms with Crippen molar-refractivity contribution in [2.45, 2.75) is 6.92 Å². The van der Waals surface area contributed by atoms with Crippen molar-refractivity contribution in [1.82, 2.24) is 10.6 Å². The standard InChI is InChI=1S/C20H21N3O6/c1-3-21-20(27)23-17(24)12-29-19(26)15-6-4-5-7-16(15)22-18(25)13-8-10-14(28-2)11-9-13/h4-11H,3,12H2,1-2H3,(H,22,25)(H2,21,23,24,27). The number of esters is 1. The van der Waals surface area contributed by atoms with Gasteiger partial charge in [-0.05, 0) is 43.3 Å². The number of nitrogens with one attached hydrogen (secondary N) is 3. The van der Waals surface area contributed by atoms with Crippen molar-refractivity contribution in [3.8, 4) is 5.75 Å². The molecule has 9 heteroatoms. The summed E-state index contributed by atoms with van der Waals surface area (Å²) in [4.78, 5) is 47.7. The van der Waals surface area contributed by atoms with E-state index < -0.39 is 30.4 Å². The van der Waals surface area contributed by atoms with Crippen LogP contribution in [0.5, 0.6) is 5.75 Å². The average Bonchev–Trinajstić information content (AvgIpc) is 2.72. The number of carbonyl (C=O) groups is 4. The molecule has 0 heterocycles. The highest BCUT2D eigenvalue weighted by molar-refractivity contribution is 6.08. The van der Waals surface area contributed by atoms with Gasteiger partial charge < -0.3 is 20.1 Å². The van der Waals surface area contributed by atoms with Crippen molar-refractivity contribution in [1.29, 1.82) is 0 Å². The molecule has 0 bridgehead atoms. The molecule has 0 aliphatic heterocycles. The predicted molar refractivity (Wildman–Crippen MR) is 105 cm³/mol. The number of anilines is 1. The van der Waals surface area contributed by atoms with Crippen molar-refractivity contribution in [2.75, 3.05) is 25.6 Å². The number of rotatable bonds is 7. The summed E-state index contributed by atoms with van der Waals surface area (Å²) in [5.74, 6) is -1.41. The maximum absolute atomic E-state index is 12.4. The van der Waals surface area contributed by atoms with Crippen LogP contribution in [-0.4, -0.2) is 44.1 Å². The smallest absolute Gasteiger partial charge is 0.340 e. The molecule has 4 amide bonds. The molecule has 0 aliphatic rings. The molecule has 9 nitrogen and oxygen atoms in total. The van der Waals surface area contributed by atoms with Gasteiger partial charge in [-0.2, -0.15) is 0 Å². The van der Waals surface area contributed by atoms with Gasteiger partial charge in [0, 0.05) is 12.1 Å². The Kier molecular flexibility index (Phi) is 7.72. The summed E-state index contributed by atoms with van der Waals surface area (Å²) in [5, 5.41) is 7.04. The first-order chi connectivity index (χ1) is 13.9. The minimum Gasteiger partial charge on any atom is -0.497 e. The van der Waals surface area contributed by atoms with Gasteiger partial charge in [0.15, 0.2) is 6.61 Å². The van der Waals surface area contributed by atoms with Crippen LogP contribution in [0.1, 0.15) is 27.6 Å². The van der Waals surface area contributed by atoms with E-state index in [1.807, 2.05) is 5.32 Å². The van der Waals surface area contributed by atoms with Gasteiger partial charge in [-0.25, -0.2) is 9.59 Å². The minimum atomic E-state index is -0.818. The van der Waals surface area contributed by atoms with Crippen LogP contribution >= 0.6 is 0 Å². The van der Waals surface area contributed by atoms with Crippen molar-refractivity contribution in [2.24, 2.45) is 0 Å². The summed E-state index contributed by atoms with van der Waals surface area (Å²) >= 11 is 0. The maximum atomic E-state index is 12.4. The second-order valence-electron chi connectivity index (χ2n) is 5.71. The Morgan fingerprint density at radius 1 is 0.966 bits per heavy atom. The lowest BCUT2D eigenvalue weighted by Crippen LogP contribution is -2.41. The first-order valence-corrected chi connectivity index (χ1v) is 8.73. The predicted octanol–water partition coefficient (Wildman–Crippen LogP) is 1.95. The molecule has 0 aliphatic carbocycles. The Morgan fingerprint density at radius 2 is 1.66 bits per heavy atom. The third-order valence-electron chi connectivity index (χ3n) is 3.67. The molecule has 29 heavy (non-hydrogen) atoms. The molecule has 0 saturated carbocycles. The molecule has 0 fully saturated rings. The number of amides is 4. The highest BCUT2D eigenvalue weighted by Crippen LogP contribution is 2.18. The van der Waals surface area contributed by atoms with E-state index >= 15 is 0 Å². The van der Waals surface area contributed by atoms with Crippen molar-refractivity contribution < 1.29 is 28.7 Å². The summed E-state index contributed by atoms with van der Waals surface area (Å²) in [6.45, 7) is 1.40. The number of carbonyl (C=O) groups excluding carboxylic acids is 4. The monoisotopic (exact) mass is 399 g/mol. The fourth-order valence-corrected chi connectivity index (χ4v) is 2.28. The van der Waals surface area contributed by atoms with Gasteiger partial charge in [-0.1, -0.05) is 12.1 Å². The van der Waals surface area contributed by atoms with Crippen molar-refractivity contribution >= 4 is 29.5 Å². The number of urea groups is 1. The Hall–Kier alpha value is -3.88. The topological polar surface area (TPSA) is 123 Å². The largest absolute Gasteiger partial charge is 0.497 e. The van der Waals surface area contributed by atoms with Crippen LogP contribution in [0.25, 0.3) is 0 Å². The van der Waals surface area contributed by atoms with E-state index in [0.717, 1.165) is 0 Å². The quantitative estimate of drug-likeness (QED) is 0.612.